The number of carbonyl (C=O) groups is 2. The molecule has 0 aliphatic heterocycles. The first-order valence-electron chi connectivity index (χ1n) is 5.91. The zero-order valence-corrected chi connectivity index (χ0v) is 11.6. The maximum atomic E-state index is 12.2. The molecule has 2 N–H and O–H groups in total. The van der Waals surface area contributed by atoms with E-state index in [4.69, 9.17) is 28.3 Å². The third-order valence-electron chi connectivity index (χ3n) is 3.51. The lowest BCUT2D eigenvalue weighted by atomic mass is 9.64. The monoisotopic (exact) mass is 301 g/mol. The lowest BCUT2D eigenvalue weighted by Crippen LogP contribution is -2.50. The Labute approximate surface area is 120 Å². The Hall–Kier alpha value is -1.26. The lowest BCUT2D eigenvalue weighted by Gasteiger charge is -2.40. The van der Waals surface area contributed by atoms with Crippen molar-refractivity contribution in [1.29, 1.82) is 0 Å². The quantitative estimate of drug-likeness (QED) is 0.898. The summed E-state index contributed by atoms with van der Waals surface area (Å²) in [5.74, 6) is -1.32. The number of halogens is 2. The van der Waals surface area contributed by atoms with E-state index in [0.29, 0.717) is 22.9 Å². The summed E-state index contributed by atoms with van der Waals surface area (Å²) in [6.45, 7) is -0.373. The number of carboxylic acids is 1. The summed E-state index contributed by atoms with van der Waals surface area (Å²) in [5.41, 5.74) is 0.125. The second-order valence-electron chi connectivity index (χ2n) is 4.64. The molecule has 0 bridgehead atoms. The first-order valence-corrected chi connectivity index (χ1v) is 6.67. The molecular weight excluding hydrogens is 289 g/mol. The van der Waals surface area contributed by atoms with Crippen molar-refractivity contribution in [3.05, 3.63) is 33.8 Å². The number of nitrogens with one attached hydrogen (secondary N) is 1. The predicted octanol–water partition coefficient (Wildman–Crippen LogP) is 2.62. The Kier molecular flexibility index (Phi) is 4.02. The van der Waals surface area contributed by atoms with E-state index in [0.717, 1.165) is 12.0 Å². The van der Waals surface area contributed by atoms with Crippen LogP contribution in [0.5, 0.6) is 0 Å². The highest BCUT2D eigenvalue weighted by Gasteiger charge is 2.45. The molecule has 1 aliphatic carbocycles. The van der Waals surface area contributed by atoms with E-state index in [2.05, 4.69) is 5.32 Å². The molecule has 1 fully saturated rings. The van der Waals surface area contributed by atoms with Crippen LogP contribution < -0.4 is 5.32 Å². The van der Waals surface area contributed by atoms with Crippen LogP contribution in [0.2, 0.25) is 10.0 Å². The Bertz CT molecular complexity index is 527. The summed E-state index contributed by atoms with van der Waals surface area (Å²) in [4.78, 5) is 22.7. The van der Waals surface area contributed by atoms with Crippen LogP contribution in [0.25, 0.3) is 0 Å². The largest absolute Gasteiger partial charge is 0.480 e. The van der Waals surface area contributed by atoms with Crippen molar-refractivity contribution in [1.82, 2.24) is 5.32 Å². The molecular formula is C13H13Cl2NO3. The van der Waals surface area contributed by atoms with Gasteiger partial charge in [0.2, 0.25) is 5.91 Å². The average Bonchev–Trinajstić information content (AvgIpc) is 2.29. The standard InChI is InChI=1S/C13H13Cl2NO3/c14-9-3-2-8(6-10(9)15)13(4-1-5-13)12(19)16-7-11(17)18/h2-3,6H,1,4-5,7H2,(H,16,19)(H,17,18). The normalized spacial score (nSPS) is 16.5. The lowest BCUT2D eigenvalue weighted by molar-refractivity contribution is -0.139. The molecule has 0 aromatic heterocycles. The summed E-state index contributed by atoms with van der Waals surface area (Å²) in [5, 5.41) is 11.9. The molecule has 0 atom stereocenters. The average molecular weight is 302 g/mol. The first-order chi connectivity index (χ1) is 8.95. The molecule has 2 rings (SSSR count). The Morgan fingerprint density at radius 3 is 2.42 bits per heavy atom. The van der Waals surface area contributed by atoms with E-state index >= 15 is 0 Å². The Morgan fingerprint density at radius 2 is 1.95 bits per heavy atom. The molecule has 0 saturated heterocycles. The van der Waals surface area contributed by atoms with Gasteiger partial charge in [-0.05, 0) is 30.5 Å². The van der Waals surface area contributed by atoms with Crippen molar-refractivity contribution in [3.63, 3.8) is 0 Å². The van der Waals surface area contributed by atoms with Gasteiger partial charge < -0.3 is 10.4 Å². The van der Waals surface area contributed by atoms with Gasteiger partial charge in [-0.15, -0.1) is 0 Å². The summed E-state index contributed by atoms with van der Waals surface area (Å²) >= 11 is 11.8. The third kappa shape index (κ3) is 2.69. The van der Waals surface area contributed by atoms with Crippen LogP contribution in [0.3, 0.4) is 0 Å². The molecule has 1 aromatic rings. The van der Waals surface area contributed by atoms with Crippen molar-refractivity contribution in [2.75, 3.05) is 6.54 Å². The van der Waals surface area contributed by atoms with Crippen molar-refractivity contribution >= 4 is 35.1 Å². The van der Waals surface area contributed by atoms with Crippen LogP contribution in [0.15, 0.2) is 18.2 Å². The van der Waals surface area contributed by atoms with E-state index in [9.17, 15) is 9.59 Å². The second kappa shape index (κ2) is 5.39. The van der Waals surface area contributed by atoms with Crippen LogP contribution in [-0.4, -0.2) is 23.5 Å². The van der Waals surface area contributed by atoms with Crippen LogP contribution in [0.4, 0.5) is 0 Å². The van der Waals surface area contributed by atoms with E-state index in [1.807, 2.05) is 0 Å². The zero-order chi connectivity index (χ0) is 14.0. The topological polar surface area (TPSA) is 66.4 Å². The van der Waals surface area contributed by atoms with Crippen molar-refractivity contribution < 1.29 is 14.7 Å². The summed E-state index contributed by atoms with van der Waals surface area (Å²) in [7, 11) is 0. The molecule has 6 heteroatoms. The summed E-state index contributed by atoms with van der Waals surface area (Å²) in [6, 6.07) is 5.11. The maximum absolute atomic E-state index is 12.2. The van der Waals surface area contributed by atoms with Crippen molar-refractivity contribution in [2.45, 2.75) is 24.7 Å². The number of hydrogen-bond acceptors (Lipinski definition) is 2. The number of aliphatic carboxylic acids is 1. The van der Waals surface area contributed by atoms with E-state index < -0.39 is 11.4 Å². The number of rotatable bonds is 4. The summed E-state index contributed by atoms with van der Waals surface area (Å²) in [6.07, 6.45) is 2.31. The highest BCUT2D eigenvalue weighted by molar-refractivity contribution is 6.42. The minimum Gasteiger partial charge on any atom is -0.480 e. The van der Waals surface area contributed by atoms with Gasteiger partial charge in [0.25, 0.3) is 0 Å². The predicted molar refractivity (Wildman–Crippen MR) is 72.6 cm³/mol. The smallest absolute Gasteiger partial charge is 0.322 e. The van der Waals surface area contributed by atoms with Gasteiger partial charge in [-0.1, -0.05) is 35.7 Å². The fourth-order valence-corrected chi connectivity index (χ4v) is 2.59. The van der Waals surface area contributed by atoms with Gasteiger partial charge in [0, 0.05) is 0 Å². The third-order valence-corrected chi connectivity index (χ3v) is 4.25. The molecule has 0 radical (unpaired) electrons. The molecule has 102 valence electrons. The first kappa shape index (κ1) is 14.2. The molecule has 1 aliphatic rings. The van der Waals surface area contributed by atoms with Gasteiger partial charge >= 0.3 is 5.97 Å². The molecule has 0 unspecified atom stereocenters. The van der Waals surface area contributed by atoms with Crippen LogP contribution >= 0.6 is 23.2 Å². The number of carboxylic acid groups (broad SMARTS) is 1. The fraction of sp³-hybridized carbons (Fsp3) is 0.385. The second-order valence-corrected chi connectivity index (χ2v) is 5.46. The fourth-order valence-electron chi connectivity index (χ4n) is 2.30. The minimum absolute atomic E-state index is 0.264. The molecule has 0 spiro atoms. The number of benzene rings is 1. The van der Waals surface area contributed by atoms with Gasteiger partial charge in [-0.3, -0.25) is 9.59 Å². The van der Waals surface area contributed by atoms with Crippen molar-refractivity contribution in [2.24, 2.45) is 0 Å². The highest BCUT2D eigenvalue weighted by Crippen LogP contribution is 2.45. The van der Waals surface area contributed by atoms with Gasteiger partial charge in [-0.25, -0.2) is 0 Å². The Morgan fingerprint density at radius 1 is 1.26 bits per heavy atom. The molecule has 0 heterocycles. The van der Waals surface area contributed by atoms with E-state index in [1.54, 1.807) is 18.2 Å². The Balaban J connectivity index is 2.24. The van der Waals surface area contributed by atoms with E-state index in [1.165, 1.54) is 0 Å². The minimum atomic E-state index is -1.06. The number of amides is 1. The molecule has 1 saturated carbocycles. The van der Waals surface area contributed by atoms with Gasteiger partial charge in [-0.2, -0.15) is 0 Å². The number of carbonyl (C=O) groups excluding carboxylic acids is 1. The number of hydrogen-bond donors (Lipinski definition) is 2. The molecule has 1 amide bonds. The van der Waals surface area contributed by atoms with Crippen LogP contribution in [-0.2, 0) is 15.0 Å². The van der Waals surface area contributed by atoms with Gasteiger partial charge in [0.05, 0.1) is 15.5 Å². The van der Waals surface area contributed by atoms with Crippen molar-refractivity contribution in [3.8, 4) is 0 Å². The van der Waals surface area contributed by atoms with Gasteiger partial charge in [0.1, 0.15) is 6.54 Å². The molecule has 1 aromatic carbocycles. The van der Waals surface area contributed by atoms with E-state index in [-0.39, 0.29) is 12.5 Å². The molecule has 19 heavy (non-hydrogen) atoms. The van der Waals surface area contributed by atoms with Gasteiger partial charge in [0.15, 0.2) is 0 Å². The van der Waals surface area contributed by atoms with Crippen LogP contribution in [0.1, 0.15) is 24.8 Å². The maximum Gasteiger partial charge on any atom is 0.322 e. The highest BCUT2D eigenvalue weighted by atomic mass is 35.5. The van der Waals surface area contributed by atoms with Crippen LogP contribution in [0, 0.1) is 0 Å². The summed E-state index contributed by atoms with van der Waals surface area (Å²) < 4.78 is 0. The zero-order valence-electron chi connectivity index (χ0n) is 10.1. The SMILES string of the molecule is O=C(O)CNC(=O)C1(c2ccc(Cl)c(Cl)c2)CCC1. The molecule has 4 nitrogen and oxygen atoms in total.